The van der Waals surface area contributed by atoms with Gasteiger partial charge in [0.15, 0.2) is 0 Å². The number of carbonyl (C=O) groups is 1. The summed E-state index contributed by atoms with van der Waals surface area (Å²) in [4.78, 5) is 32.4. The summed E-state index contributed by atoms with van der Waals surface area (Å²) in [5.74, 6) is 0.0617. The number of carbonyl (C=O) groups excluding carboxylic acids is 1. The molecule has 2 atom stereocenters. The van der Waals surface area contributed by atoms with Crippen LogP contribution in [0, 0.1) is 17.7 Å². The fourth-order valence-corrected chi connectivity index (χ4v) is 3.63. The molecule has 1 amide bonds. The Morgan fingerprint density at radius 1 is 1.33 bits per heavy atom. The SMILES string of the molecule is CCC1CC=NC(c2ccc(N=O)c(C)n2)=C1NC(=O)O[C@H](C)c1ccccc1Cl. The quantitative estimate of drug-likeness (QED) is 0.565. The van der Waals surface area contributed by atoms with E-state index in [0.717, 1.165) is 12.0 Å². The molecule has 0 saturated carbocycles. The van der Waals surface area contributed by atoms with Gasteiger partial charge in [0.05, 0.1) is 17.1 Å². The number of aliphatic imine (C=N–C) groups is 1. The van der Waals surface area contributed by atoms with Crippen LogP contribution in [0.15, 0.2) is 52.3 Å². The van der Waals surface area contributed by atoms with Gasteiger partial charge in [0, 0.05) is 22.7 Å². The molecule has 30 heavy (non-hydrogen) atoms. The maximum absolute atomic E-state index is 12.7. The van der Waals surface area contributed by atoms with E-state index >= 15 is 0 Å². The molecule has 1 aromatic carbocycles. The van der Waals surface area contributed by atoms with Crippen molar-refractivity contribution in [3.05, 3.63) is 69.0 Å². The number of benzene rings is 1. The van der Waals surface area contributed by atoms with Crippen LogP contribution < -0.4 is 5.32 Å². The topological polar surface area (TPSA) is 93.0 Å². The van der Waals surface area contributed by atoms with E-state index in [0.29, 0.717) is 34.2 Å². The first-order valence-electron chi connectivity index (χ1n) is 9.74. The molecule has 0 aliphatic carbocycles. The number of nitrogens with one attached hydrogen (secondary N) is 1. The van der Waals surface area contributed by atoms with E-state index in [1.54, 1.807) is 32.0 Å². The van der Waals surface area contributed by atoms with Gasteiger partial charge < -0.3 is 4.74 Å². The van der Waals surface area contributed by atoms with Crippen molar-refractivity contribution in [1.82, 2.24) is 10.3 Å². The van der Waals surface area contributed by atoms with Crippen molar-refractivity contribution < 1.29 is 9.53 Å². The standard InChI is InChI=1S/C22H23ClN4O3/c1-4-15-11-12-24-21(19-10-9-18(27-29)13(2)25-19)20(15)26-22(28)30-14(3)16-7-5-6-8-17(16)23/h5-10,12,14-15H,4,11H2,1-3H3,(H,26,28)/t14-,15?/m1/s1. The summed E-state index contributed by atoms with van der Waals surface area (Å²) >= 11 is 6.20. The third-order valence-electron chi connectivity index (χ3n) is 5.03. The maximum atomic E-state index is 12.7. The first-order chi connectivity index (χ1) is 14.4. The highest BCUT2D eigenvalue weighted by atomic mass is 35.5. The zero-order chi connectivity index (χ0) is 21.7. The number of halogens is 1. The Kier molecular flexibility index (Phi) is 6.95. The van der Waals surface area contributed by atoms with Gasteiger partial charge in [-0.15, -0.1) is 4.91 Å². The molecule has 7 nitrogen and oxygen atoms in total. The number of pyridine rings is 1. The van der Waals surface area contributed by atoms with Crippen LogP contribution in [-0.4, -0.2) is 17.3 Å². The van der Waals surface area contributed by atoms with E-state index in [1.165, 1.54) is 0 Å². The maximum Gasteiger partial charge on any atom is 0.412 e. The predicted molar refractivity (Wildman–Crippen MR) is 118 cm³/mol. The average Bonchev–Trinajstić information content (AvgIpc) is 2.74. The van der Waals surface area contributed by atoms with Crippen LogP contribution in [-0.2, 0) is 4.74 Å². The first-order valence-corrected chi connectivity index (χ1v) is 10.1. The number of hydrogen-bond donors (Lipinski definition) is 1. The molecule has 3 rings (SSSR count). The molecule has 0 radical (unpaired) electrons. The van der Waals surface area contributed by atoms with Gasteiger partial charge in [-0.2, -0.15) is 0 Å². The van der Waals surface area contributed by atoms with Crippen LogP contribution in [0.5, 0.6) is 0 Å². The third kappa shape index (κ3) is 4.74. The Bertz CT molecular complexity index is 1020. The minimum absolute atomic E-state index is 0.0617. The molecule has 1 N–H and O–H groups in total. The molecule has 1 aromatic heterocycles. The van der Waals surface area contributed by atoms with E-state index < -0.39 is 12.2 Å². The van der Waals surface area contributed by atoms with Crippen molar-refractivity contribution >= 4 is 35.3 Å². The van der Waals surface area contributed by atoms with Crippen LogP contribution >= 0.6 is 11.6 Å². The molecule has 0 spiro atoms. The van der Waals surface area contributed by atoms with Gasteiger partial charge in [-0.25, -0.2) is 9.78 Å². The molecule has 1 unspecified atom stereocenters. The largest absolute Gasteiger partial charge is 0.441 e. The van der Waals surface area contributed by atoms with E-state index in [2.05, 4.69) is 20.5 Å². The molecule has 8 heteroatoms. The highest BCUT2D eigenvalue weighted by Crippen LogP contribution is 2.32. The minimum atomic E-state index is -0.589. The summed E-state index contributed by atoms with van der Waals surface area (Å²) < 4.78 is 5.56. The summed E-state index contributed by atoms with van der Waals surface area (Å²) in [7, 11) is 0. The van der Waals surface area contributed by atoms with Crippen LogP contribution in [0.2, 0.25) is 5.02 Å². The van der Waals surface area contributed by atoms with E-state index in [1.807, 2.05) is 31.3 Å². The second-order valence-corrected chi connectivity index (χ2v) is 7.41. The Balaban J connectivity index is 1.88. The fourth-order valence-electron chi connectivity index (χ4n) is 3.34. The van der Waals surface area contributed by atoms with Gasteiger partial charge in [-0.1, -0.05) is 36.7 Å². The van der Waals surface area contributed by atoms with Crippen molar-refractivity contribution in [2.75, 3.05) is 0 Å². The number of aryl methyl sites for hydroxylation is 1. The van der Waals surface area contributed by atoms with E-state index in [-0.39, 0.29) is 11.6 Å². The van der Waals surface area contributed by atoms with Gasteiger partial charge in [0.2, 0.25) is 0 Å². The van der Waals surface area contributed by atoms with Crippen molar-refractivity contribution in [3.63, 3.8) is 0 Å². The molecule has 0 bridgehead atoms. The number of hydrogen-bond acceptors (Lipinski definition) is 6. The monoisotopic (exact) mass is 426 g/mol. The molecule has 0 saturated heterocycles. The zero-order valence-electron chi connectivity index (χ0n) is 17.1. The van der Waals surface area contributed by atoms with Crippen LogP contribution in [0.4, 0.5) is 10.5 Å². The highest BCUT2D eigenvalue weighted by Gasteiger charge is 2.25. The van der Waals surface area contributed by atoms with Gasteiger partial charge in [0.25, 0.3) is 0 Å². The number of allylic oxidation sites excluding steroid dienone is 1. The molecule has 156 valence electrons. The van der Waals surface area contributed by atoms with E-state index in [9.17, 15) is 9.70 Å². The third-order valence-corrected chi connectivity index (χ3v) is 5.37. The lowest BCUT2D eigenvalue weighted by Gasteiger charge is -2.25. The summed E-state index contributed by atoms with van der Waals surface area (Å²) in [6, 6.07) is 10.5. The second kappa shape index (κ2) is 9.63. The van der Waals surface area contributed by atoms with Gasteiger partial charge in [0.1, 0.15) is 17.5 Å². The van der Waals surface area contributed by atoms with Crippen molar-refractivity contribution in [2.45, 2.75) is 39.7 Å². The lowest BCUT2D eigenvalue weighted by atomic mass is 9.94. The summed E-state index contributed by atoms with van der Waals surface area (Å²) in [5.41, 5.74) is 3.26. The predicted octanol–water partition coefficient (Wildman–Crippen LogP) is 6.10. The van der Waals surface area contributed by atoms with Crippen LogP contribution in [0.3, 0.4) is 0 Å². The Morgan fingerprint density at radius 2 is 2.10 bits per heavy atom. The number of aromatic nitrogens is 1. The van der Waals surface area contributed by atoms with Crippen LogP contribution in [0.1, 0.15) is 49.7 Å². The molecule has 0 fully saturated rings. The first kappa shape index (κ1) is 21.6. The molecule has 2 heterocycles. The normalized spacial score (nSPS) is 16.9. The number of alkyl carbamates (subject to hydrolysis) is 1. The number of amides is 1. The lowest BCUT2D eigenvalue weighted by Crippen LogP contribution is -2.31. The Morgan fingerprint density at radius 3 is 2.77 bits per heavy atom. The average molecular weight is 427 g/mol. The smallest absolute Gasteiger partial charge is 0.412 e. The van der Waals surface area contributed by atoms with Crippen molar-refractivity contribution in [1.29, 1.82) is 0 Å². The number of nitroso groups, excluding NO2 is 1. The van der Waals surface area contributed by atoms with Gasteiger partial charge >= 0.3 is 6.09 Å². The molecular weight excluding hydrogens is 404 g/mol. The summed E-state index contributed by atoms with van der Waals surface area (Å²) in [5, 5.41) is 6.37. The van der Waals surface area contributed by atoms with Gasteiger partial charge in [-0.05, 0) is 50.1 Å². The zero-order valence-corrected chi connectivity index (χ0v) is 17.8. The minimum Gasteiger partial charge on any atom is -0.441 e. The second-order valence-electron chi connectivity index (χ2n) is 7.00. The number of rotatable bonds is 6. The Hall–Kier alpha value is -3.06. The molecule has 1 aliphatic rings. The fraction of sp³-hybridized carbons (Fsp3) is 0.318. The number of nitrogens with zero attached hydrogens (tertiary/aromatic N) is 3. The van der Waals surface area contributed by atoms with Crippen molar-refractivity contribution in [3.8, 4) is 0 Å². The Labute approximate surface area is 180 Å². The van der Waals surface area contributed by atoms with E-state index in [4.69, 9.17) is 16.3 Å². The number of ether oxygens (including phenoxy) is 1. The van der Waals surface area contributed by atoms with Gasteiger partial charge in [-0.3, -0.25) is 10.3 Å². The summed E-state index contributed by atoms with van der Waals surface area (Å²) in [6.45, 7) is 5.51. The summed E-state index contributed by atoms with van der Waals surface area (Å²) in [6.07, 6.45) is 2.21. The molecule has 2 aromatic rings. The van der Waals surface area contributed by atoms with Crippen LogP contribution in [0.25, 0.3) is 5.70 Å². The molecular formula is C22H23ClN4O3. The van der Waals surface area contributed by atoms with Crippen molar-refractivity contribution in [2.24, 2.45) is 16.1 Å². The lowest BCUT2D eigenvalue weighted by molar-refractivity contribution is 0.109. The highest BCUT2D eigenvalue weighted by molar-refractivity contribution is 6.31. The molecule has 1 aliphatic heterocycles.